The zero-order valence-corrected chi connectivity index (χ0v) is 51.0. The molecule has 438 valence electrons. The third-order valence-corrected chi connectivity index (χ3v) is 16.5. The number of ether oxygens (including phenoxy) is 3. The highest BCUT2D eigenvalue weighted by atomic mass is 33.1. The van der Waals surface area contributed by atoms with Crippen molar-refractivity contribution in [3.63, 3.8) is 0 Å². The highest BCUT2D eigenvalue weighted by molar-refractivity contribution is 8.76. The molecule has 0 bridgehead atoms. The third-order valence-electron chi connectivity index (χ3n) is 14.2. The summed E-state index contributed by atoms with van der Waals surface area (Å²) in [6.45, 7) is 10.2. The minimum absolute atomic E-state index is 0.0643. The van der Waals surface area contributed by atoms with E-state index in [4.69, 9.17) is 14.2 Å². The lowest BCUT2D eigenvalue weighted by molar-refractivity contribution is -0.180. The van der Waals surface area contributed by atoms with E-state index in [9.17, 15) is 9.59 Å². The van der Waals surface area contributed by atoms with Crippen LogP contribution in [0.5, 0.6) is 5.75 Å². The molecule has 3 rings (SSSR count). The average Bonchev–Trinajstić information content (AvgIpc) is 3.87. The summed E-state index contributed by atoms with van der Waals surface area (Å²) in [5.41, 5.74) is 4.26. The van der Waals surface area contributed by atoms with E-state index in [0.717, 1.165) is 74.4 Å². The van der Waals surface area contributed by atoms with Crippen molar-refractivity contribution in [1.82, 2.24) is 20.6 Å². The normalized spacial score (nSPS) is 14.8. The van der Waals surface area contributed by atoms with E-state index in [2.05, 4.69) is 95.2 Å². The van der Waals surface area contributed by atoms with Gasteiger partial charge in [0, 0.05) is 50.7 Å². The van der Waals surface area contributed by atoms with Crippen LogP contribution in [0.2, 0.25) is 0 Å². The fourth-order valence-corrected chi connectivity index (χ4v) is 11.2. The zero-order valence-electron chi connectivity index (χ0n) is 49.4. The number of unbranched alkanes of at least 4 members (excludes halogenated alkanes) is 19. The van der Waals surface area contributed by atoms with Crippen LogP contribution in [0.1, 0.15) is 232 Å². The van der Waals surface area contributed by atoms with Crippen LogP contribution in [-0.4, -0.2) is 84.9 Å². The lowest BCUT2D eigenvalue weighted by Crippen LogP contribution is -2.32. The second-order valence-electron chi connectivity index (χ2n) is 21.3. The van der Waals surface area contributed by atoms with E-state index in [-0.39, 0.29) is 17.9 Å². The van der Waals surface area contributed by atoms with Crippen molar-refractivity contribution in [2.24, 2.45) is 5.10 Å². The molecule has 1 aromatic carbocycles. The first-order chi connectivity index (χ1) is 38.3. The van der Waals surface area contributed by atoms with Gasteiger partial charge in [0.15, 0.2) is 5.79 Å². The summed E-state index contributed by atoms with van der Waals surface area (Å²) in [5, 5.41) is 8.29. The molecule has 78 heavy (non-hydrogen) atoms. The van der Waals surface area contributed by atoms with E-state index in [1.54, 1.807) is 27.8 Å². The summed E-state index contributed by atoms with van der Waals surface area (Å²) in [6, 6.07) is 13.4. The number of benzene rings is 1. The summed E-state index contributed by atoms with van der Waals surface area (Å²) in [5.74, 6) is 0.925. The maximum atomic E-state index is 12.6. The number of amides is 2. The molecule has 0 spiro atoms. The molecule has 2 heterocycles. The summed E-state index contributed by atoms with van der Waals surface area (Å²) in [7, 11) is 5.36. The van der Waals surface area contributed by atoms with Gasteiger partial charge in [-0.05, 0) is 176 Å². The highest BCUT2D eigenvalue weighted by Gasteiger charge is 2.40. The van der Waals surface area contributed by atoms with E-state index < -0.39 is 5.79 Å². The molecule has 1 unspecified atom stereocenters. The first kappa shape index (κ1) is 68.6. The van der Waals surface area contributed by atoms with Gasteiger partial charge >= 0.3 is 0 Å². The predicted octanol–water partition coefficient (Wildman–Crippen LogP) is 17.6. The molecular weight excluding hydrogens is 1010 g/mol. The van der Waals surface area contributed by atoms with Crippen LogP contribution < -0.4 is 15.5 Å². The summed E-state index contributed by atoms with van der Waals surface area (Å²) >= 11 is 0. The van der Waals surface area contributed by atoms with Crippen molar-refractivity contribution >= 4 is 39.1 Å². The average molecular weight is 1110 g/mol. The Morgan fingerprint density at radius 1 is 0.692 bits per heavy atom. The Bertz CT molecular complexity index is 1880. The Balaban J connectivity index is 1.25. The van der Waals surface area contributed by atoms with Crippen LogP contribution in [0.25, 0.3) is 0 Å². The molecule has 0 radical (unpaired) electrons. The molecule has 2 N–H and O–H groups in total. The van der Waals surface area contributed by atoms with Crippen LogP contribution in [0.4, 0.5) is 0 Å². The molecule has 1 saturated heterocycles. The minimum Gasteiger partial charge on any atom is -0.494 e. The molecular formula is C66H107N5O5S2. The molecule has 1 aliphatic heterocycles. The zero-order chi connectivity index (χ0) is 55.7. The van der Waals surface area contributed by atoms with Crippen LogP contribution in [0, 0.1) is 0 Å². The van der Waals surface area contributed by atoms with Crippen molar-refractivity contribution in [1.29, 1.82) is 0 Å². The molecule has 1 aromatic heterocycles. The maximum absolute atomic E-state index is 12.6. The van der Waals surface area contributed by atoms with Gasteiger partial charge in [0.2, 0.25) is 11.8 Å². The number of hydrogen-bond acceptors (Lipinski definition) is 10. The van der Waals surface area contributed by atoms with Gasteiger partial charge in [0.25, 0.3) is 0 Å². The first-order valence-corrected chi connectivity index (χ1v) is 33.3. The van der Waals surface area contributed by atoms with E-state index in [0.29, 0.717) is 50.5 Å². The van der Waals surface area contributed by atoms with Crippen molar-refractivity contribution in [3.8, 4) is 5.75 Å². The number of rotatable bonds is 50. The van der Waals surface area contributed by atoms with Crippen molar-refractivity contribution < 1.29 is 23.8 Å². The Hall–Kier alpha value is -3.68. The van der Waals surface area contributed by atoms with Gasteiger partial charge in [-0.1, -0.05) is 156 Å². The molecule has 1 atom stereocenters. The van der Waals surface area contributed by atoms with Gasteiger partial charge in [-0.15, -0.1) is 0 Å². The van der Waals surface area contributed by atoms with E-state index in [1.807, 2.05) is 49.4 Å². The van der Waals surface area contributed by atoms with E-state index in [1.165, 1.54) is 141 Å². The Morgan fingerprint density at radius 3 is 1.87 bits per heavy atom. The van der Waals surface area contributed by atoms with Gasteiger partial charge in [-0.3, -0.25) is 9.59 Å². The number of hydrogen-bond donors (Lipinski definition) is 2. The van der Waals surface area contributed by atoms with Gasteiger partial charge < -0.3 is 24.4 Å². The van der Waals surface area contributed by atoms with Gasteiger partial charge in [-0.2, -0.15) is 5.10 Å². The number of carbonyl (C=O) groups is 2. The summed E-state index contributed by atoms with van der Waals surface area (Å²) in [4.78, 5) is 31.5. The number of nitrogens with one attached hydrogen (secondary N) is 2. The molecule has 0 aliphatic carbocycles. The Morgan fingerprint density at radius 2 is 1.28 bits per heavy atom. The lowest BCUT2D eigenvalue weighted by atomic mass is 9.98. The van der Waals surface area contributed by atoms with E-state index >= 15 is 0 Å². The smallest absolute Gasteiger partial charge is 0.240 e. The number of nitrogens with zero attached hydrogens (tertiary/aromatic N) is 3. The van der Waals surface area contributed by atoms with Crippen LogP contribution in [0.3, 0.4) is 0 Å². The molecule has 0 saturated carbocycles. The number of allylic oxidation sites excluding steroid dienone is 8. The molecule has 2 aromatic rings. The van der Waals surface area contributed by atoms with Crippen LogP contribution in [0.15, 0.2) is 107 Å². The number of hydrazone groups is 1. The van der Waals surface area contributed by atoms with Crippen molar-refractivity contribution in [3.05, 3.63) is 103 Å². The van der Waals surface area contributed by atoms with Gasteiger partial charge in [0.1, 0.15) is 10.8 Å². The molecule has 2 amide bonds. The topological polar surface area (TPSA) is 114 Å². The number of pyridine rings is 1. The summed E-state index contributed by atoms with van der Waals surface area (Å²) < 4.78 is 19.4. The molecule has 10 nitrogen and oxygen atoms in total. The number of carbonyl (C=O) groups excluding carboxylic acids is 2. The van der Waals surface area contributed by atoms with Crippen LogP contribution in [-0.2, 0) is 19.1 Å². The monoisotopic (exact) mass is 1110 g/mol. The molecule has 1 aliphatic rings. The molecule has 1 fully saturated rings. The minimum atomic E-state index is -0.415. The Kier molecular flexibility index (Phi) is 42.3. The van der Waals surface area contributed by atoms with Crippen molar-refractivity contribution in [2.75, 3.05) is 45.6 Å². The third kappa shape index (κ3) is 37.3. The fourth-order valence-electron chi connectivity index (χ4n) is 9.32. The standard InChI is InChI=1S/C66H107N5O5S2/c1-5-7-9-11-13-15-17-19-21-23-25-27-29-31-33-36-50-66(51-37-34-32-30-28-26-24-22-20-18-16-14-12-10-8-6-2)75-58-62(76-66)48-55-71(4)54-40-39-52-67-63(72)42-41-56-74-61-46-44-60(45-47-61)59(3)69-70-64(73)49-57-77-78-65-43-35-38-53-68-65/h13-16,19-22,35,38,43-47,53,62H,5-12,17-18,23-34,36-37,39-42,48-52,54-58H2,1-4H3,(H,67,72)(H,70,73)/b15-13-,16-14-,21-19-,22-20-,69-59+. The first-order valence-electron chi connectivity index (χ1n) is 31.0. The van der Waals surface area contributed by atoms with Crippen molar-refractivity contribution in [2.45, 2.75) is 243 Å². The van der Waals surface area contributed by atoms with Gasteiger partial charge in [-0.25, -0.2) is 10.4 Å². The summed E-state index contributed by atoms with van der Waals surface area (Å²) in [6.07, 6.45) is 57.3. The number of aromatic nitrogens is 1. The molecule has 12 heteroatoms. The largest absolute Gasteiger partial charge is 0.494 e. The maximum Gasteiger partial charge on any atom is 0.240 e. The highest BCUT2D eigenvalue weighted by Crippen LogP contribution is 2.36. The second kappa shape index (κ2) is 48.1. The van der Waals surface area contributed by atoms with Gasteiger partial charge in [0.05, 0.1) is 25.0 Å². The lowest BCUT2D eigenvalue weighted by Gasteiger charge is -2.29. The fraction of sp³-hybridized carbons (Fsp3) is 0.667. The quantitative estimate of drug-likeness (QED) is 0.0220. The predicted molar refractivity (Wildman–Crippen MR) is 335 cm³/mol. The van der Waals surface area contributed by atoms with Crippen LogP contribution >= 0.6 is 21.6 Å². The SMILES string of the molecule is CCCCC/C=C\C/C=C\CCCCCCCCC1(CCCCCCCC/C=C\C/C=C\CCCCC)OCC(CCN(C)CCCCNC(=O)CCCOc2ccc(/C(C)=N/NC(=O)CCSSc3ccccn3)cc2)O1. The second-order valence-corrected chi connectivity index (χ2v) is 23.7. The Labute approximate surface area is 483 Å².